The van der Waals surface area contributed by atoms with Crippen LogP contribution in [0.15, 0.2) is 6.07 Å². The van der Waals surface area contributed by atoms with E-state index in [4.69, 9.17) is 15.2 Å². The van der Waals surface area contributed by atoms with Gasteiger partial charge in [0.1, 0.15) is 6.10 Å². The summed E-state index contributed by atoms with van der Waals surface area (Å²) in [7, 11) is 0. The van der Waals surface area contributed by atoms with E-state index in [0.29, 0.717) is 12.5 Å². The van der Waals surface area contributed by atoms with Gasteiger partial charge in [-0.25, -0.2) is 4.98 Å². The van der Waals surface area contributed by atoms with Crippen LogP contribution in [0.25, 0.3) is 0 Å². The quantitative estimate of drug-likeness (QED) is 0.745. The lowest BCUT2D eigenvalue weighted by Crippen LogP contribution is -2.17. The van der Waals surface area contributed by atoms with Crippen molar-refractivity contribution in [2.24, 2.45) is 0 Å². The fourth-order valence-electron chi connectivity index (χ4n) is 1.40. The maximum absolute atomic E-state index is 5.58. The summed E-state index contributed by atoms with van der Waals surface area (Å²) in [5.74, 6) is 0.782. The number of hydrogen-bond donors (Lipinski definition) is 1. The van der Waals surface area contributed by atoms with Crippen LogP contribution in [0.3, 0.4) is 0 Å². The summed E-state index contributed by atoms with van der Waals surface area (Å²) in [4.78, 5) is 7.95. The Kier molecular flexibility index (Phi) is 2.49. The van der Waals surface area contributed by atoms with Crippen molar-refractivity contribution in [1.29, 1.82) is 0 Å². The summed E-state index contributed by atoms with van der Waals surface area (Å²) >= 11 is 0. The molecule has 0 unspecified atom stereocenters. The second kappa shape index (κ2) is 3.79. The molecule has 1 atom stereocenters. The van der Waals surface area contributed by atoms with Crippen molar-refractivity contribution in [3.63, 3.8) is 0 Å². The van der Waals surface area contributed by atoms with Crippen molar-refractivity contribution >= 4 is 5.95 Å². The lowest BCUT2D eigenvalue weighted by Gasteiger charge is -2.10. The molecule has 1 aliphatic rings. The van der Waals surface area contributed by atoms with Gasteiger partial charge in [0, 0.05) is 18.2 Å². The van der Waals surface area contributed by atoms with Gasteiger partial charge in [0.15, 0.2) is 0 Å². The number of aryl methyl sites for hydroxylation is 1. The van der Waals surface area contributed by atoms with Crippen LogP contribution in [-0.2, 0) is 4.74 Å². The first-order chi connectivity index (χ1) is 6.74. The highest BCUT2D eigenvalue weighted by atomic mass is 16.5. The summed E-state index contributed by atoms with van der Waals surface area (Å²) in [6.45, 7) is 3.24. The Hall–Kier alpha value is -1.36. The Morgan fingerprint density at radius 2 is 2.43 bits per heavy atom. The Labute approximate surface area is 82.3 Å². The van der Waals surface area contributed by atoms with Crippen molar-refractivity contribution in [2.45, 2.75) is 19.4 Å². The molecule has 5 heteroatoms. The van der Waals surface area contributed by atoms with Gasteiger partial charge in [-0.15, -0.1) is 0 Å². The molecule has 0 aliphatic carbocycles. The highest BCUT2D eigenvalue weighted by Gasteiger charge is 2.17. The second-order valence-corrected chi connectivity index (χ2v) is 3.31. The number of anilines is 1. The third-order valence-electron chi connectivity index (χ3n) is 2.02. The maximum atomic E-state index is 5.58. The molecule has 0 saturated carbocycles. The Morgan fingerprint density at radius 3 is 3.07 bits per heavy atom. The van der Waals surface area contributed by atoms with Crippen molar-refractivity contribution < 1.29 is 9.47 Å². The van der Waals surface area contributed by atoms with Crippen molar-refractivity contribution in [1.82, 2.24) is 9.97 Å². The molecule has 5 nitrogen and oxygen atoms in total. The summed E-state index contributed by atoms with van der Waals surface area (Å²) in [5.41, 5.74) is 6.31. The molecular formula is C9H13N3O2. The van der Waals surface area contributed by atoms with Crippen LogP contribution in [0.2, 0.25) is 0 Å². The van der Waals surface area contributed by atoms with Gasteiger partial charge in [0.05, 0.1) is 13.2 Å². The first-order valence-electron chi connectivity index (χ1n) is 4.59. The largest absolute Gasteiger partial charge is 0.472 e. The molecule has 2 heterocycles. The van der Waals surface area contributed by atoms with Crippen LogP contribution in [-0.4, -0.2) is 29.3 Å². The van der Waals surface area contributed by atoms with E-state index in [1.54, 1.807) is 6.07 Å². The average molecular weight is 195 g/mol. The number of nitrogens with zero attached hydrogens (tertiary/aromatic N) is 2. The second-order valence-electron chi connectivity index (χ2n) is 3.31. The van der Waals surface area contributed by atoms with Gasteiger partial charge >= 0.3 is 0 Å². The third-order valence-corrected chi connectivity index (χ3v) is 2.02. The van der Waals surface area contributed by atoms with Crippen molar-refractivity contribution in [3.05, 3.63) is 11.8 Å². The van der Waals surface area contributed by atoms with Crippen molar-refractivity contribution in [3.8, 4) is 5.88 Å². The zero-order valence-electron chi connectivity index (χ0n) is 8.06. The predicted molar refractivity (Wildman–Crippen MR) is 51.0 cm³/mol. The number of rotatable bonds is 2. The molecule has 0 radical (unpaired) electrons. The van der Waals surface area contributed by atoms with Crippen LogP contribution in [0, 0.1) is 6.92 Å². The number of aromatic nitrogens is 2. The molecule has 1 aromatic heterocycles. The van der Waals surface area contributed by atoms with E-state index in [-0.39, 0.29) is 12.1 Å². The van der Waals surface area contributed by atoms with Crippen LogP contribution in [0.4, 0.5) is 5.95 Å². The summed E-state index contributed by atoms with van der Waals surface area (Å²) in [6, 6.07) is 1.77. The fraction of sp³-hybridized carbons (Fsp3) is 0.556. The Bertz CT molecular complexity index is 304. The summed E-state index contributed by atoms with van der Waals surface area (Å²) in [5, 5.41) is 0. The van der Waals surface area contributed by atoms with E-state index >= 15 is 0 Å². The average Bonchev–Trinajstić information content (AvgIpc) is 2.54. The molecular weight excluding hydrogens is 182 g/mol. The lowest BCUT2D eigenvalue weighted by atomic mass is 10.3. The SMILES string of the molecule is Cc1cc(O[C@@H]2CCOC2)nc(N)n1. The molecule has 2 rings (SSSR count). The molecule has 0 spiro atoms. The standard InChI is InChI=1S/C9H13N3O2/c1-6-4-8(12-9(10)11-6)14-7-2-3-13-5-7/h4,7H,2-3,5H2,1H3,(H2,10,11,12)/t7-/m1/s1. The normalized spacial score (nSPS) is 21.1. The monoisotopic (exact) mass is 195 g/mol. The Balaban J connectivity index is 2.07. The Morgan fingerprint density at radius 1 is 1.57 bits per heavy atom. The third kappa shape index (κ3) is 2.11. The highest BCUT2D eigenvalue weighted by molar-refractivity contribution is 5.25. The van der Waals surface area contributed by atoms with Gasteiger partial charge in [-0.3, -0.25) is 0 Å². The van der Waals surface area contributed by atoms with Gasteiger partial charge in [0.25, 0.3) is 0 Å². The summed E-state index contributed by atoms with van der Waals surface area (Å²) in [6.07, 6.45) is 1.01. The first kappa shape index (κ1) is 9.21. The smallest absolute Gasteiger partial charge is 0.223 e. The molecule has 14 heavy (non-hydrogen) atoms. The van der Waals surface area contributed by atoms with E-state index in [9.17, 15) is 0 Å². The zero-order chi connectivity index (χ0) is 9.97. The molecule has 0 aromatic carbocycles. The molecule has 0 amide bonds. The minimum absolute atomic E-state index is 0.101. The van der Waals surface area contributed by atoms with E-state index in [1.807, 2.05) is 6.92 Å². The minimum atomic E-state index is 0.101. The fourth-order valence-corrected chi connectivity index (χ4v) is 1.40. The topological polar surface area (TPSA) is 70.3 Å². The van der Waals surface area contributed by atoms with Gasteiger partial charge in [-0.2, -0.15) is 4.98 Å². The molecule has 2 N–H and O–H groups in total. The van der Waals surface area contributed by atoms with E-state index in [1.165, 1.54) is 0 Å². The number of nitrogen functional groups attached to an aromatic ring is 1. The van der Waals surface area contributed by atoms with Gasteiger partial charge < -0.3 is 15.2 Å². The highest BCUT2D eigenvalue weighted by Crippen LogP contribution is 2.15. The number of hydrogen-bond acceptors (Lipinski definition) is 5. The predicted octanol–water partition coefficient (Wildman–Crippen LogP) is 0.535. The van der Waals surface area contributed by atoms with Crippen LogP contribution < -0.4 is 10.5 Å². The van der Waals surface area contributed by atoms with Crippen molar-refractivity contribution in [2.75, 3.05) is 18.9 Å². The summed E-state index contributed by atoms with van der Waals surface area (Å²) < 4.78 is 10.8. The molecule has 1 fully saturated rings. The molecule has 76 valence electrons. The number of ether oxygens (including phenoxy) is 2. The van der Waals surface area contributed by atoms with E-state index in [0.717, 1.165) is 18.7 Å². The van der Waals surface area contributed by atoms with E-state index in [2.05, 4.69) is 9.97 Å². The maximum Gasteiger partial charge on any atom is 0.223 e. The lowest BCUT2D eigenvalue weighted by molar-refractivity contribution is 0.138. The molecule has 0 bridgehead atoms. The van der Waals surface area contributed by atoms with Crippen LogP contribution >= 0.6 is 0 Å². The minimum Gasteiger partial charge on any atom is -0.472 e. The van der Waals surface area contributed by atoms with Crippen LogP contribution in [0.5, 0.6) is 5.88 Å². The molecule has 1 aliphatic heterocycles. The van der Waals surface area contributed by atoms with Gasteiger partial charge in [-0.05, 0) is 6.92 Å². The molecule has 1 aromatic rings. The number of nitrogens with two attached hydrogens (primary N) is 1. The van der Waals surface area contributed by atoms with Gasteiger partial charge in [-0.1, -0.05) is 0 Å². The zero-order valence-corrected chi connectivity index (χ0v) is 8.06. The van der Waals surface area contributed by atoms with E-state index < -0.39 is 0 Å². The molecule has 1 saturated heterocycles. The van der Waals surface area contributed by atoms with Crippen LogP contribution in [0.1, 0.15) is 12.1 Å². The van der Waals surface area contributed by atoms with Gasteiger partial charge in [0.2, 0.25) is 11.8 Å². The first-order valence-corrected chi connectivity index (χ1v) is 4.59.